The molecule has 3 aromatic rings. The van der Waals surface area contributed by atoms with Crippen molar-refractivity contribution in [1.82, 2.24) is 14.7 Å². The molecule has 1 heterocycles. The van der Waals surface area contributed by atoms with Crippen LogP contribution >= 0.6 is 0 Å². The van der Waals surface area contributed by atoms with Crippen molar-refractivity contribution in [3.05, 3.63) is 78.4 Å². The summed E-state index contributed by atoms with van der Waals surface area (Å²) in [7, 11) is 1.69. The van der Waals surface area contributed by atoms with Gasteiger partial charge in [-0.15, -0.1) is 0 Å². The molecule has 0 saturated heterocycles. The molecule has 6 heteroatoms. The smallest absolute Gasteiger partial charge is 0.321 e. The van der Waals surface area contributed by atoms with Crippen LogP contribution in [0.1, 0.15) is 5.56 Å². The van der Waals surface area contributed by atoms with Crippen molar-refractivity contribution in [2.75, 3.05) is 12.4 Å². The van der Waals surface area contributed by atoms with E-state index in [4.69, 9.17) is 0 Å². The second-order valence-corrected chi connectivity index (χ2v) is 5.42. The van der Waals surface area contributed by atoms with Crippen molar-refractivity contribution >= 4 is 11.7 Å². The summed E-state index contributed by atoms with van der Waals surface area (Å²) in [6, 6.07) is 15.1. The number of hydrogen-bond acceptors (Lipinski definition) is 2. The van der Waals surface area contributed by atoms with E-state index in [1.807, 2.05) is 36.5 Å². The van der Waals surface area contributed by atoms with Crippen molar-refractivity contribution in [3.8, 4) is 5.69 Å². The van der Waals surface area contributed by atoms with E-state index >= 15 is 0 Å². The highest BCUT2D eigenvalue weighted by Crippen LogP contribution is 2.12. The molecule has 5 nitrogen and oxygen atoms in total. The molecule has 0 radical (unpaired) electrons. The first-order chi connectivity index (χ1) is 11.6. The Morgan fingerprint density at radius 2 is 1.88 bits per heavy atom. The number of nitrogens with one attached hydrogen (secondary N) is 1. The second kappa shape index (κ2) is 6.95. The van der Waals surface area contributed by atoms with E-state index in [-0.39, 0.29) is 11.8 Å². The molecular weight excluding hydrogens is 307 g/mol. The van der Waals surface area contributed by atoms with Crippen LogP contribution in [0.15, 0.2) is 67.0 Å². The number of hydrogen-bond donors (Lipinski definition) is 1. The van der Waals surface area contributed by atoms with Gasteiger partial charge >= 0.3 is 6.03 Å². The summed E-state index contributed by atoms with van der Waals surface area (Å²) in [5, 5.41) is 7.03. The van der Waals surface area contributed by atoms with E-state index in [0.717, 1.165) is 11.3 Å². The van der Waals surface area contributed by atoms with E-state index in [0.29, 0.717) is 12.2 Å². The van der Waals surface area contributed by atoms with E-state index in [1.54, 1.807) is 17.9 Å². The minimum atomic E-state index is -0.338. The molecule has 0 spiro atoms. The van der Waals surface area contributed by atoms with Gasteiger partial charge in [0, 0.05) is 24.5 Å². The SMILES string of the molecule is CN(Cc1cnn(-c2ccccc2)c1)C(=O)Nc1ccc(F)cc1. The van der Waals surface area contributed by atoms with Crippen molar-refractivity contribution in [3.63, 3.8) is 0 Å². The molecule has 1 N–H and O–H groups in total. The number of benzene rings is 2. The molecule has 2 aromatic carbocycles. The average molecular weight is 324 g/mol. The Morgan fingerprint density at radius 3 is 2.58 bits per heavy atom. The number of aromatic nitrogens is 2. The van der Waals surface area contributed by atoms with Crippen LogP contribution in [-0.2, 0) is 6.54 Å². The Bertz CT molecular complexity index is 815. The minimum absolute atomic E-state index is 0.269. The molecule has 3 rings (SSSR count). The van der Waals surface area contributed by atoms with E-state index in [2.05, 4.69) is 10.4 Å². The number of amides is 2. The Balaban J connectivity index is 1.62. The average Bonchev–Trinajstić information content (AvgIpc) is 3.06. The number of para-hydroxylation sites is 1. The van der Waals surface area contributed by atoms with E-state index in [1.165, 1.54) is 29.2 Å². The van der Waals surface area contributed by atoms with Crippen LogP contribution in [-0.4, -0.2) is 27.8 Å². The largest absolute Gasteiger partial charge is 0.323 e. The summed E-state index contributed by atoms with van der Waals surface area (Å²) < 4.78 is 14.6. The molecule has 0 aliphatic heterocycles. The number of halogens is 1. The Kier molecular flexibility index (Phi) is 4.56. The Hall–Kier alpha value is -3.15. The van der Waals surface area contributed by atoms with Crippen molar-refractivity contribution in [2.45, 2.75) is 6.54 Å². The predicted molar refractivity (Wildman–Crippen MR) is 90.4 cm³/mol. The molecule has 0 saturated carbocycles. The molecule has 1 aromatic heterocycles. The van der Waals surface area contributed by atoms with E-state index in [9.17, 15) is 9.18 Å². The first-order valence-electron chi connectivity index (χ1n) is 7.48. The molecule has 0 bridgehead atoms. The van der Waals surface area contributed by atoms with Crippen LogP contribution in [0.25, 0.3) is 5.69 Å². The van der Waals surface area contributed by atoms with Gasteiger partial charge in [-0.25, -0.2) is 13.9 Å². The predicted octanol–water partition coefficient (Wildman–Crippen LogP) is 3.68. The fourth-order valence-corrected chi connectivity index (χ4v) is 2.26. The topological polar surface area (TPSA) is 50.2 Å². The summed E-state index contributed by atoms with van der Waals surface area (Å²) in [5.41, 5.74) is 2.42. The molecule has 122 valence electrons. The summed E-state index contributed by atoms with van der Waals surface area (Å²) in [6.07, 6.45) is 3.62. The summed E-state index contributed by atoms with van der Waals surface area (Å²) >= 11 is 0. The summed E-state index contributed by atoms with van der Waals surface area (Å²) in [5.74, 6) is -0.338. The van der Waals surface area contributed by atoms with Crippen molar-refractivity contribution in [1.29, 1.82) is 0 Å². The third-order valence-corrected chi connectivity index (χ3v) is 3.52. The van der Waals surface area contributed by atoms with Gasteiger partial charge in [0.1, 0.15) is 5.82 Å². The lowest BCUT2D eigenvalue weighted by molar-refractivity contribution is 0.220. The fraction of sp³-hybridized carbons (Fsp3) is 0.111. The highest BCUT2D eigenvalue weighted by atomic mass is 19.1. The van der Waals surface area contributed by atoms with Gasteiger partial charge in [0.2, 0.25) is 0 Å². The number of carbonyl (C=O) groups excluding carboxylic acids is 1. The molecule has 0 atom stereocenters. The maximum absolute atomic E-state index is 12.9. The maximum Gasteiger partial charge on any atom is 0.321 e. The zero-order chi connectivity index (χ0) is 16.9. The zero-order valence-corrected chi connectivity index (χ0v) is 13.2. The Labute approximate surface area is 139 Å². The molecule has 0 fully saturated rings. The van der Waals surface area contributed by atoms with Gasteiger partial charge in [0.05, 0.1) is 18.4 Å². The van der Waals surface area contributed by atoms with Crippen LogP contribution < -0.4 is 5.32 Å². The van der Waals surface area contributed by atoms with Gasteiger partial charge in [-0.05, 0) is 36.4 Å². The first-order valence-corrected chi connectivity index (χ1v) is 7.48. The third-order valence-electron chi connectivity index (χ3n) is 3.52. The third kappa shape index (κ3) is 3.78. The number of rotatable bonds is 4. The highest BCUT2D eigenvalue weighted by molar-refractivity contribution is 5.89. The zero-order valence-electron chi connectivity index (χ0n) is 13.2. The second-order valence-electron chi connectivity index (χ2n) is 5.42. The fourth-order valence-electron chi connectivity index (χ4n) is 2.26. The minimum Gasteiger partial charge on any atom is -0.323 e. The first kappa shape index (κ1) is 15.7. The number of anilines is 1. The lowest BCUT2D eigenvalue weighted by Gasteiger charge is -2.17. The van der Waals surface area contributed by atoms with Crippen LogP contribution in [0.3, 0.4) is 0 Å². The van der Waals surface area contributed by atoms with Crippen LogP contribution in [0.4, 0.5) is 14.9 Å². The maximum atomic E-state index is 12.9. The molecule has 0 aliphatic rings. The number of urea groups is 1. The molecule has 24 heavy (non-hydrogen) atoms. The highest BCUT2D eigenvalue weighted by Gasteiger charge is 2.11. The van der Waals surface area contributed by atoms with Gasteiger partial charge < -0.3 is 10.2 Å². The van der Waals surface area contributed by atoms with Gasteiger partial charge in [-0.1, -0.05) is 18.2 Å². The molecule has 2 amide bonds. The van der Waals surface area contributed by atoms with Gasteiger partial charge in [-0.3, -0.25) is 0 Å². The van der Waals surface area contributed by atoms with Gasteiger partial charge in [0.15, 0.2) is 0 Å². The summed E-state index contributed by atoms with van der Waals surface area (Å²) in [4.78, 5) is 13.7. The quantitative estimate of drug-likeness (QED) is 0.796. The number of nitrogens with zero attached hydrogens (tertiary/aromatic N) is 3. The Morgan fingerprint density at radius 1 is 1.17 bits per heavy atom. The van der Waals surface area contributed by atoms with Crippen molar-refractivity contribution < 1.29 is 9.18 Å². The molecular formula is C18H17FN4O. The normalized spacial score (nSPS) is 10.4. The molecule has 0 aliphatic carbocycles. The monoisotopic (exact) mass is 324 g/mol. The van der Waals surface area contributed by atoms with Crippen molar-refractivity contribution in [2.24, 2.45) is 0 Å². The van der Waals surface area contributed by atoms with Gasteiger partial charge in [0.25, 0.3) is 0 Å². The van der Waals surface area contributed by atoms with Crippen LogP contribution in [0.5, 0.6) is 0 Å². The lowest BCUT2D eigenvalue weighted by atomic mass is 10.3. The van der Waals surface area contributed by atoms with E-state index < -0.39 is 0 Å². The molecule has 0 unspecified atom stereocenters. The summed E-state index contributed by atoms with van der Waals surface area (Å²) in [6.45, 7) is 0.417. The lowest BCUT2D eigenvalue weighted by Crippen LogP contribution is -2.30. The standard InChI is InChI=1S/C18H17FN4O/c1-22(18(24)21-16-9-7-15(19)8-10-16)12-14-11-20-23(13-14)17-5-3-2-4-6-17/h2-11,13H,12H2,1H3,(H,21,24). The van der Waals surface area contributed by atoms with Crippen LogP contribution in [0, 0.1) is 5.82 Å². The van der Waals surface area contributed by atoms with Crippen LogP contribution in [0.2, 0.25) is 0 Å². The number of carbonyl (C=O) groups is 1. The van der Waals surface area contributed by atoms with Gasteiger partial charge in [-0.2, -0.15) is 5.10 Å².